The minimum atomic E-state index is -0.418. The Balaban J connectivity index is 1.81. The van der Waals surface area contributed by atoms with E-state index in [4.69, 9.17) is 17.3 Å². The third kappa shape index (κ3) is 6.79. The minimum Gasteiger partial charge on any atom is -0.375 e. The molecule has 0 heterocycles. The molecule has 0 aliphatic heterocycles. The lowest BCUT2D eigenvalue weighted by Crippen LogP contribution is -2.36. The predicted octanol–water partition coefficient (Wildman–Crippen LogP) is 2.39. The lowest BCUT2D eigenvalue weighted by molar-refractivity contribution is -0.122. The Hall–Kier alpha value is -2.71. The Bertz CT molecular complexity index is 876. The second kappa shape index (κ2) is 10.6. The van der Waals surface area contributed by atoms with E-state index in [0.29, 0.717) is 16.4 Å². The van der Waals surface area contributed by atoms with Crippen LogP contribution in [0.4, 0.5) is 11.4 Å². The smallest absolute Gasteiger partial charge is 0.243 e. The normalized spacial score (nSPS) is 10.2. The van der Waals surface area contributed by atoms with Gasteiger partial charge in [-0.1, -0.05) is 29.8 Å². The van der Waals surface area contributed by atoms with Gasteiger partial charge in [-0.05, 0) is 36.8 Å². The standard InChI is InChI=1S/C19H21ClN4O3S/c1-12-13(20)5-4-7-14(12)24-19(27)10-23-18(26)9-22-15-6-2-3-8-16(15)28-11-17(21)25/h2-8,22H,9-11H2,1H3,(H2,21,25)(H,23,26)(H,24,27). The maximum absolute atomic E-state index is 12.0. The summed E-state index contributed by atoms with van der Waals surface area (Å²) in [5, 5.41) is 8.81. The van der Waals surface area contributed by atoms with Crippen molar-refractivity contribution in [3.8, 4) is 0 Å². The van der Waals surface area contributed by atoms with Gasteiger partial charge in [-0.15, -0.1) is 11.8 Å². The van der Waals surface area contributed by atoms with E-state index in [9.17, 15) is 14.4 Å². The quantitative estimate of drug-likeness (QED) is 0.465. The molecule has 0 bridgehead atoms. The summed E-state index contributed by atoms with van der Waals surface area (Å²) in [4.78, 5) is 35.8. The zero-order valence-corrected chi connectivity index (χ0v) is 16.8. The first-order chi connectivity index (χ1) is 13.4. The molecule has 5 N–H and O–H groups in total. The second-order valence-corrected chi connectivity index (χ2v) is 7.27. The van der Waals surface area contributed by atoms with Gasteiger partial charge < -0.3 is 21.7 Å². The fraction of sp³-hybridized carbons (Fsp3) is 0.211. The van der Waals surface area contributed by atoms with Gasteiger partial charge in [0.2, 0.25) is 17.7 Å². The van der Waals surface area contributed by atoms with E-state index in [2.05, 4.69) is 16.0 Å². The number of nitrogens with one attached hydrogen (secondary N) is 3. The molecule has 0 spiro atoms. The molecule has 2 aromatic rings. The first-order valence-electron chi connectivity index (χ1n) is 8.42. The van der Waals surface area contributed by atoms with Crippen LogP contribution in [0, 0.1) is 6.92 Å². The van der Waals surface area contributed by atoms with Crippen LogP contribution >= 0.6 is 23.4 Å². The molecule has 0 saturated heterocycles. The van der Waals surface area contributed by atoms with Gasteiger partial charge >= 0.3 is 0 Å². The van der Waals surface area contributed by atoms with Gasteiger partial charge in [-0.25, -0.2) is 0 Å². The van der Waals surface area contributed by atoms with E-state index in [1.165, 1.54) is 11.8 Å². The Morgan fingerprint density at radius 3 is 2.46 bits per heavy atom. The van der Waals surface area contributed by atoms with Crippen molar-refractivity contribution < 1.29 is 14.4 Å². The van der Waals surface area contributed by atoms with Gasteiger partial charge in [0.25, 0.3) is 0 Å². The molecule has 0 aliphatic rings. The number of benzene rings is 2. The zero-order chi connectivity index (χ0) is 20.5. The average Bonchev–Trinajstić information content (AvgIpc) is 2.67. The van der Waals surface area contributed by atoms with Crippen molar-refractivity contribution in [2.24, 2.45) is 5.73 Å². The lowest BCUT2D eigenvalue weighted by Gasteiger charge is -2.12. The molecular formula is C19H21ClN4O3S. The summed E-state index contributed by atoms with van der Waals surface area (Å²) in [5.41, 5.74) is 7.24. The number of carbonyl (C=O) groups is 3. The molecular weight excluding hydrogens is 400 g/mol. The van der Waals surface area contributed by atoms with E-state index in [1.807, 2.05) is 18.2 Å². The summed E-state index contributed by atoms with van der Waals surface area (Å²) in [5.74, 6) is -0.962. The largest absolute Gasteiger partial charge is 0.375 e. The average molecular weight is 421 g/mol. The second-order valence-electron chi connectivity index (χ2n) is 5.84. The highest BCUT2D eigenvalue weighted by molar-refractivity contribution is 8.00. The van der Waals surface area contributed by atoms with Crippen molar-refractivity contribution in [2.45, 2.75) is 11.8 Å². The molecule has 7 nitrogen and oxygen atoms in total. The van der Waals surface area contributed by atoms with Crippen LogP contribution in [-0.4, -0.2) is 36.6 Å². The van der Waals surface area contributed by atoms with Crippen LogP contribution < -0.4 is 21.7 Å². The van der Waals surface area contributed by atoms with Crippen molar-refractivity contribution in [3.05, 3.63) is 53.1 Å². The Morgan fingerprint density at radius 1 is 1.00 bits per heavy atom. The van der Waals surface area contributed by atoms with Crippen LogP contribution in [0.1, 0.15) is 5.56 Å². The molecule has 9 heteroatoms. The molecule has 0 saturated carbocycles. The Morgan fingerprint density at radius 2 is 1.71 bits per heavy atom. The number of hydrogen-bond acceptors (Lipinski definition) is 5. The van der Waals surface area contributed by atoms with Crippen LogP contribution in [0.2, 0.25) is 5.02 Å². The molecule has 28 heavy (non-hydrogen) atoms. The Kier molecular flexibility index (Phi) is 8.16. The van der Waals surface area contributed by atoms with Crippen LogP contribution in [-0.2, 0) is 14.4 Å². The first-order valence-corrected chi connectivity index (χ1v) is 9.79. The van der Waals surface area contributed by atoms with Crippen molar-refractivity contribution in [1.29, 1.82) is 0 Å². The van der Waals surface area contributed by atoms with E-state index < -0.39 is 5.91 Å². The number of nitrogens with two attached hydrogens (primary N) is 1. The number of halogens is 1. The number of hydrogen-bond donors (Lipinski definition) is 4. The minimum absolute atomic E-state index is 0.0163. The summed E-state index contributed by atoms with van der Waals surface area (Å²) in [7, 11) is 0. The topological polar surface area (TPSA) is 113 Å². The van der Waals surface area contributed by atoms with Gasteiger partial charge in [-0.3, -0.25) is 14.4 Å². The number of thioether (sulfide) groups is 1. The predicted molar refractivity (Wildman–Crippen MR) is 113 cm³/mol. The third-order valence-electron chi connectivity index (χ3n) is 3.68. The summed E-state index contributed by atoms with van der Waals surface area (Å²) in [6.07, 6.45) is 0. The number of anilines is 2. The van der Waals surface area contributed by atoms with Crippen molar-refractivity contribution >= 4 is 52.5 Å². The van der Waals surface area contributed by atoms with Gasteiger partial charge in [-0.2, -0.15) is 0 Å². The molecule has 0 unspecified atom stereocenters. The number of amides is 3. The maximum Gasteiger partial charge on any atom is 0.243 e. The third-order valence-corrected chi connectivity index (χ3v) is 5.19. The number of rotatable bonds is 9. The fourth-order valence-corrected chi connectivity index (χ4v) is 3.18. The van der Waals surface area contributed by atoms with E-state index in [0.717, 1.165) is 10.5 Å². The van der Waals surface area contributed by atoms with Crippen LogP contribution in [0.5, 0.6) is 0 Å². The fourth-order valence-electron chi connectivity index (χ4n) is 2.24. The van der Waals surface area contributed by atoms with Gasteiger partial charge in [0.15, 0.2) is 0 Å². The first kappa shape index (κ1) is 21.6. The molecule has 2 rings (SSSR count). The highest BCUT2D eigenvalue weighted by Gasteiger charge is 2.10. The van der Waals surface area contributed by atoms with E-state index in [-0.39, 0.29) is 30.7 Å². The van der Waals surface area contributed by atoms with Crippen LogP contribution in [0.15, 0.2) is 47.4 Å². The van der Waals surface area contributed by atoms with Crippen molar-refractivity contribution in [3.63, 3.8) is 0 Å². The number of para-hydroxylation sites is 1. The molecule has 0 aliphatic carbocycles. The van der Waals surface area contributed by atoms with Gasteiger partial charge in [0.05, 0.1) is 18.8 Å². The summed E-state index contributed by atoms with van der Waals surface area (Å²) in [6, 6.07) is 12.5. The maximum atomic E-state index is 12.0. The highest BCUT2D eigenvalue weighted by Crippen LogP contribution is 2.26. The Labute approximate surface area is 172 Å². The molecule has 0 atom stereocenters. The number of carbonyl (C=O) groups excluding carboxylic acids is 3. The molecule has 148 valence electrons. The van der Waals surface area contributed by atoms with E-state index in [1.54, 1.807) is 31.2 Å². The molecule has 0 aromatic heterocycles. The monoisotopic (exact) mass is 420 g/mol. The molecule has 2 aromatic carbocycles. The molecule has 0 fully saturated rings. The van der Waals surface area contributed by atoms with Gasteiger partial charge in [0, 0.05) is 21.3 Å². The zero-order valence-electron chi connectivity index (χ0n) is 15.3. The van der Waals surface area contributed by atoms with Crippen molar-refractivity contribution in [2.75, 3.05) is 29.5 Å². The summed E-state index contributed by atoms with van der Waals surface area (Å²) >= 11 is 7.31. The highest BCUT2D eigenvalue weighted by atomic mass is 35.5. The van der Waals surface area contributed by atoms with Crippen molar-refractivity contribution in [1.82, 2.24) is 5.32 Å². The van der Waals surface area contributed by atoms with Crippen LogP contribution in [0.3, 0.4) is 0 Å². The summed E-state index contributed by atoms with van der Waals surface area (Å²) < 4.78 is 0. The lowest BCUT2D eigenvalue weighted by atomic mass is 10.2. The number of primary amides is 1. The molecule has 0 radical (unpaired) electrons. The van der Waals surface area contributed by atoms with Gasteiger partial charge in [0.1, 0.15) is 0 Å². The van der Waals surface area contributed by atoms with Crippen LogP contribution in [0.25, 0.3) is 0 Å². The molecule has 3 amide bonds. The SMILES string of the molecule is Cc1c(Cl)cccc1NC(=O)CNC(=O)CNc1ccccc1SCC(N)=O. The summed E-state index contributed by atoms with van der Waals surface area (Å²) in [6.45, 7) is 1.62. The van der Waals surface area contributed by atoms with E-state index >= 15 is 0 Å².